The lowest BCUT2D eigenvalue weighted by atomic mass is 10.1. The molecular formula is C14H20N2OS. The summed E-state index contributed by atoms with van der Waals surface area (Å²) in [5.74, 6) is 0.978. The molecule has 98 valence electrons. The molecule has 0 N–H and O–H groups in total. The average Bonchev–Trinajstić information content (AvgIpc) is 2.39. The molecule has 0 atom stereocenters. The number of thioether (sulfide) groups is 1. The van der Waals surface area contributed by atoms with Gasteiger partial charge < -0.3 is 9.64 Å². The first-order valence-corrected chi connectivity index (χ1v) is 7.09. The largest absolute Gasteiger partial charge is 0.385 e. The highest BCUT2D eigenvalue weighted by Gasteiger charge is 2.11. The second kappa shape index (κ2) is 8.02. The minimum absolute atomic E-state index is 0.746. The molecule has 0 aliphatic carbocycles. The van der Waals surface area contributed by atoms with Gasteiger partial charge in [0.15, 0.2) is 0 Å². The fraction of sp³-hybridized carbons (Fsp3) is 0.500. The van der Waals surface area contributed by atoms with E-state index in [2.05, 4.69) is 17.9 Å². The predicted octanol–water partition coefficient (Wildman–Crippen LogP) is 3.14. The Morgan fingerprint density at radius 3 is 2.83 bits per heavy atom. The van der Waals surface area contributed by atoms with E-state index < -0.39 is 0 Å². The summed E-state index contributed by atoms with van der Waals surface area (Å²) in [6.07, 6.45) is 0.961. The minimum atomic E-state index is 0.746. The van der Waals surface area contributed by atoms with Crippen molar-refractivity contribution < 1.29 is 4.74 Å². The van der Waals surface area contributed by atoms with Gasteiger partial charge in [0, 0.05) is 32.2 Å². The molecule has 1 aromatic rings. The summed E-state index contributed by atoms with van der Waals surface area (Å²) in [6.45, 7) is 3.74. The third kappa shape index (κ3) is 3.94. The number of benzene rings is 1. The number of methoxy groups -OCH3 is 1. The van der Waals surface area contributed by atoms with Crippen molar-refractivity contribution >= 4 is 17.4 Å². The number of anilines is 1. The Kier molecular flexibility index (Phi) is 6.63. The van der Waals surface area contributed by atoms with Gasteiger partial charge in [0.05, 0.1) is 11.3 Å². The van der Waals surface area contributed by atoms with Crippen LogP contribution in [0.25, 0.3) is 0 Å². The summed E-state index contributed by atoms with van der Waals surface area (Å²) in [5, 5.41) is 9.33. The van der Waals surface area contributed by atoms with Crippen molar-refractivity contribution in [3.8, 4) is 6.07 Å². The van der Waals surface area contributed by atoms with Crippen LogP contribution >= 0.6 is 11.8 Å². The van der Waals surface area contributed by atoms with E-state index >= 15 is 0 Å². The smallest absolute Gasteiger partial charge is 0.103 e. The Bertz CT molecular complexity index is 415. The maximum atomic E-state index is 9.33. The molecule has 0 saturated carbocycles. The second-order valence-corrected chi connectivity index (χ2v) is 5.27. The molecule has 0 aliphatic rings. The molecule has 0 bridgehead atoms. The summed E-state index contributed by atoms with van der Waals surface area (Å²) >= 11 is 1.71. The zero-order valence-electron chi connectivity index (χ0n) is 11.3. The lowest BCUT2D eigenvalue weighted by molar-refractivity contribution is 0.196. The molecule has 0 spiro atoms. The zero-order valence-corrected chi connectivity index (χ0v) is 12.1. The molecule has 0 unspecified atom stereocenters. The molecule has 0 radical (unpaired) electrons. The van der Waals surface area contributed by atoms with E-state index in [0.717, 1.165) is 41.5 Å². The minimum Gasteiger partial charge on any atom is -0.385 e. The van der Waals surface area contributed by atoms with Crippen molar-refractivity contribution in [3.05, 3.63) is 23.8 Å². The Balaban J connectivity index is 2.87. The van der Waals surface area contributed by atoms with Crippen LogP contribution in [0.4, 0.5) is 5.69 Å². The van der Waals surface area contributed by atoms with E-state index in [1.54, 1.807) is 18.9 Å². The van der Waals surface area contributed by atoms with E-state index in [-0.39, 0.29) is 0 Å². The lowest BCUT2D eigenvalue weighted by Crippen LogP contribution is -2.20. The third-order valence-corrected chi connectivity index (χ3v) is 3.61. The Morgan fingerprint density at radius 2 is 2.22 bits per heavy atom. The van der Waals surface area contributed by atoms with Crippen LogP contribution in [0.15, 0.2) is 23.1 Å². The predicted molar refractivity (Wildman–Crippen MR) is 77.3 cm³/mol. The Morgan fingerprint density at radius 1 is 1.44 bits per heavy atom. The third-order valence-electron chi connectivity index (χ3n) is 2.67. The van der Waals surface area contributed by atoms with Crippen LogP contribution in [0.2, 0.25) is 0 Å². The standard InChI is InChI=1S/C14H20N2OS/c1-4-18-14-8-5-7-13(12(14)11-15)16(2)9-6-10-17-3/h5,7-8H,4,6,9-10H2,1-3H3. The van der Waals surface area contributed by atoms with Crippen molar-refractivity contribution in [2.45, 2.75) is 18.2 Å². The molecule has 0 amide bonds. The van der Waals surface area contributed by atoms with E-state index in [1.165, 1.54) is 0 Å². The van der Waals surface area contributed by atoms with Crippen LogP contribution in [-0.2, 0) is 4.74 Å². The van der Waals surface area contributed by atoms with Gasteiger partial charge in [-0.3, -0.25) is 0 Å². The summed E-state index contributed by atoms with van der Waals surface area (Å²) in [7, 11) is 3.73. The molecule has 1 rings (SSSR count). The highest BCUT2D eigenvalue weighted by atomic mass is 32.2. The van der Waals surface area contributed by atoms with Crippen molar-refractivity contribution in [1.82, 2.24) is 0 Å². The number of hydrogen-bond donors (Lipinski definition) is 0. The van der Waals surface area contributed by atoms with Gasteiger partial charge in [0.2, 0.25) is 0 Å². The summed E-state index contributed by atoms with van der Waals surface area (Å²) in [6, 6.07) is 8.36. The number of rotatable bonds is 7. The lowest BCUT2D eigenvalue weighted by Gasteiger charge is -2.21. The van der Waals surface area contributed by atoms with Crippen LogP contribution in [0.1, 0.15) is 18.9 Å². The van der Waals surface area contributed by atoms with Gasteiger partial charge in [-0.1, -0.05) is 13.0 Å². The van der Waals surface area contributed by atoms with Gasteiger partial charge in [-0.05, 0) is 24.3 Å². The van der Waals surface area contributed by atoms with Crippen molar-refractivity contribution in [2.75, 3.05) is 38.0 Å². The molecule has 3 nitrogen and oxygen atoms in total. The van der Waals surface area contributed by atoms with Crippen LogP contribution in [0.5, 0.6) is 0 Å². The summed E-state index contributed by atoms with van der Waals surface area (Å²) in [5.41, 5.74) is 1.79. The fourth-order valence-electron chi connectivity index (χ4n) is 1.79. The monoisotopic (exact) mass is 264 g/mol. The van der Waals surface area contributed by atoms with Gasteiger partial charge in [-0.25, -0.2) is 0 Å². The molecule has 1 aromatic carbocycles. The number of hydrogen-bond acceptors (Lipinski definition) is 4. The molecule has 0 saturated heterocycles. The van der Waals surface area contributed by atoms with E-state index in [0.29, 0.717) is 0 Å². The maximum absolute atomic E-state index is 9.33. The van der Waals surface area contributed by atoms with Gasteiger partial charge in [-0.15, -0.1) is 11.8 Å². The SMILES string of the molecule is CCSc1cccc(N(C)CCCOC)c1C#N. The average molecular weight is 264 g/mol. The van der Waals surface area contributed by atoms with Crippen LogP contribution < -0.4 is 4.90 Å². The highest BCUT2D eigenvalue weighted by Crippen LogP contribution is 2.29. The van der Waals surface area contributed by atoms with Crippen molar-refractivity contribution in [1.29, 1.82) is 5.26 Å². The Hall–Kier alpha value is -1.18. The van der Waals surface area contributed by atoms with Gasteiger partial charge in [0.1, 0.15) is 6.07 Å². The number of ether oxygens (including phenoxy) is 1. The zero-order chi connectivity index (χ0) is 13.4. The first kappa shape index (κ1) is 14.9. The number of nitriles is 1. The quantitative estimate of drug-likeness (QED) is 0.560. The first-order chi connectivity index (χ1) is 8.74. The topological polar surface area (TPSA) is 36.3 Å². The van der Waals surface area contributed by atoms with Crippen molar-refractivity contribution in [3.63, 3.8) is 0 Å². The fourth-order valence-corrected chi connectivity index (χ4v) is 2.57. The van der Waals surface area contributed by atoms with Gasteiger partial charge >= 0.3 is 0 Å². The molecule has 18 heavy (non-hydrogen) atoms. The van der Waals surface area contributed by atoms with Crippen molar-refractivity contribution in [2.24, 2.45) is 0 Å². The second-order valence-electron chi connectivity index (χ2n) is 3.96. The summed E-state index contributed by atoms with van der Waals surface area (Å²) < 4.78 is 5.05. The van der Waals surface area contributed by atoms with Gasteiger partial charge in [0.25, 0.3) is 0 Å². The molecule has 0 heterocycles. The molecular weight excluding hydrogens is 244 g/mol. The molecule has 0 fully saturated rings. The maximum Gasteiger partial charge on any atom is 0.103 e. The van der Waals surface area contributed by atoms with E-state index in [1.807, 2.05) is 25.2 Å². The van der Waals surface area contributed by atoms with Crippen LogP contribution in [0, 0.1) is 11.3 Å². The van der Waals surface area contributed by atoms with Crippen LogP contribution in [0.3, 0.4) is 0 Å². The molecule has 4 heteroatoms. The normalized spacial score (nSPS) is 10.1. The first-order valence-electron chi connectivity index (χ1n) is 6.10. The van der Waals surface area contributed by atoms with Gasteiger partial charge in [-0.2, -0.15) is 5.26 Å². The van der Waals surface area contributed by atoms with E-state index in [4.69, 9.17) is 4.74 Å². The van der Waals surface area contributed by atoms with Crippen LogP contribution in [-0.4, -0.2) is 33.1 Å². The number of nitrogens with zero attached hydrogens (tertiary/aromatic N) is 2. The molecule has 0 aromatic heterocycles. The highest BCUT2D eigenvalue weighted by molar-refractivity contribution is 7.99. The summed E-state index contributed by atoms with van der Waals surface area (Å²) in [4.78, 5) is 3.19. The van der Waals surface area contributed by atoms with E-state index in [9.17, 15) is 5.26 Å². The Labute approximate surface area is 114 Å². The molecule has 0 aliphatic heterocycles.